The maximum atomic E-state index is 13.1. The minimum Gasteiger partial charge on any atom is -0.329 e. The Morgan fingerprint density at radius 3 is 2.62 bits per heavy atom. The Balaban J connectivity index is 2.26. The van der Waals surface area contributed by atoms with Crippen LogP contribution in [0.1, 0.15) is 43.7 Å². The van der Waals surface area contributed by atoms with Crippen LogP contribution in [0.3, 0.4) is 0 Å². The van der Waals surface area contributed by atoms with Gasteiger partial charge >= 0.3 is 0 Å². The van der Waals surface area contributed by atoms with Gasteiger partial charge in [0.05, 0.1) is 12.1 Å². The summed E-state index contributed by atoms with van der Waals surface area (Å²) >= 11 is 0. The van der Waals surface area contributed by atoms with Crippen LogP contribution >= 0.6 is 0 Å². The molecule has 0 aliphatic carbocycles. The molecule has 2 unspecified atom stereocenters. The second-order valence-electron chi connectivity index (χ2n) is 5.43. The summed E-state index contributed by atoms with van der Waals surface area (Å²) in [6.07, 6.45) is 7.65. The summed E-state index contributed by atoms with van der Waals surface area (Å²) in [5, 5.41) is 0. The molecule has 0 bridgehead atoms. The lowest BCUT2D eigenvalue weighted by Gasteiger charge is -2.41. The van der Waals surface area contributed by atoms with E-state index in [1.54, 1.807) is 18.2 Å². The van der Waals surface area contributed by atoms with Gasteiger partial charge in [0, 0.05) is 6.42 Å². The van der Waals surface area contributed by atoms with Crippen molar-refractivity contribution >= 4 is 5.91 Å². The molecular formula is C18H22FNO. The SMILES string of the molecule is C=CCCC(=O)N1C(C=C)CCCC1c1ccc(F)cc1. The molecule has 1 amide bonds. The molecule has 1 saturated heterocycles. The first-order valence-corrected chi connectivity index (χ1v) is 7.47. The molecule has 1 heterocycles. The second-order valence-corrected chi connectivity index (χ2v) is 5.43. The van der Waals surface area contributed by atoms with E-state index in [4.69, 9.17) is 0 Å². The van der Waals surface area contributed by atoms with Crippen molar-refractivity contribution in [3.63, 3.8) is 0 Å². The van der Waals surface area contributed by atoms with Gasteiger partial charge in [-0.05, 0) is 43.4 Å². The van der Waals surface area contributed by atoms with Gasteiger partial charge in [-0.15, -0.1) is 13.2 Å². The zero-order valence-electron chi connectivity index (χ0n) is 12.3. The molecule has 2 rings (SSSR count). The number of allylic oxidation sites excluding steroid dienone is 1. The molecule has 0 aromatic heterocycles. The molecule has 0 radical (unpaired) electrons. The molecule has 2 nitrogen and oxygen atoms in total. The topological polar surface area (TPSA) is 20.3 Å². The van der Waals surface area contributed by atoms with Crippen LogP contribution in [0.4, 0.5) is 4.39 Å². The van der Waals surface area contributed by atoms with Crippen molar-refractivity contribution in [3.8, 4) is 0 Å². The van der Waals surface area contributed by atoms with Crippen molar-refractivity contribution in [3.05, 3.63) is 61.0 Å². The predicted octanol–water partition coefficient (Wildman–Crippen LogP) is 4.40. The zero-order valence-corrected chi connectivity index (χ0v) is 12.3. The van der Waals surface area contributed by atoms with E-state index in [-0.39, 0.29) is 23.8 Å². The highest BCUT2D eigenvalue weighted by molar-refractivity contribution is 5.77. The normalized spacial score (nSPS) is 21.9. The summed E-state index contributed by atoms with van der Waals surface area (Å²) in [6.45, 7) is 7.54. The molecule has 3 heteroatoms. The molecule has 1 aliphatic heterocycles. The van der Waals surface area contributed by atoms with Gasteiger partial charge in [-0.2, -0.15) is 0 Å². The molecular weight excluding hydrogens is 265 g/mol. The number of likely N-dealkylation sites (tertiary alicyclic amines) is 1. The van der Waals surface area contributed by atoms with Gasteiger partial charge in [-0.3, -0.25) is 4.79 Å². The fraction of sp³-hybridized carbons (Fsp3) is 0.389. The number of nitrogens with zero attached hydrogens (tertiary/aromatic N) is 1. The van der Waals surface area contributed by atoms with Gasteiger partial charge in [0.1, 0.15) is 5.82 Å². The van der Waals surface area contributed by atoms with Gasteiger partial charge in [-0.25, -0.2) is 4.39 Å². The summed E-state index contributed by atoms with van der Waals surface area (Å²) in [5.74, 6) is -0.131. The van der Waals surface area contributed by atoms with Crippen LogP contribution in [0.2, 0.25) is 0 Å². The molecule has 1 aliphatic rings. The van der Waals surface area contributed by atoms with E-state index in [0.717, 1.165) is 24.8 Å². The van der Waals surface area contributed by atoms with Gasteiger partial charge in [0.2, 0.25) is 5.91 Å². The fourth-order valence-electron chi connectivity index (χ4n) is 2.99. The molecule has 21 heavy (non-hydrogen) atoms. The standard InChI is InChI=1S/C18H22FNO/c1-3-5-9-18(21)20-16(4-2)7-6-8-17(20)14-10-12-15(19)13-11-14/h3-4,10-13,16-17H,1-2,5-9H2. The number of halogens is 1. The lowest BCUT2D eigenvalue weighted by Crippen LogP contribution is -2.44. The number of amides is 1. The highest BCUT2D eigenvalue weighted by Gasteiger charge is 2.32. The van der Waals surface area contributed by atoms with Crippen molar-refractivity contribution in [1.29, 1.82) is 0 Å². The Labute approximate surface area is 126 Å². The van der Waals surface area contributed by atoms with E-state index in [2.05, 4.69) is 13.2 Å². The average Bonchev–Trinajstić information content (AvgIpc) is 2.52. The van der Waals surface area contributed by atoms with Gasteiger partial charge < -0.3 is 4.90 Å². The van der Waals surface area contributed by atoms with Crippen LogP contribution in [-0.2, 0) is 4.79 Å². The molecule has 0 N–H and O–H groups in total. The van der Waals surface area contributed by atoms with E-state index < -0.39 is 0 Å². The van der Waals surface area contributed by atoms with Crippen molar-refractivity contribution in [2.45, 2.75) is 44.2 Å². The summed E-state index contributed by atoms with van der Waals surface area (Å²) < 4.78 is 13.1. The van der Waals surface area contributed by atoms with Crippen molar-refractivity contribution in [2.75, 3.05) is 0 Å². The first-order chi connectivity index (χ1) is 10.2. The Morgan fingerprint density at radius 2 is 2.00 bits per heavy atom. The van der Waals surface area contributed by atoms with E-state index in [1.165, 1.54) is 12.1 Å². The van der Waals surface area contributed by atoms with Crippen molar-refractivity contribution < 1.29 is 9.18 Å². The third kappa shape index (κ3) is 3.60. The monoisotopic (exact) mass is 287 g/mol. The quantitative estimate of drug-likeness (QED) is 0.735. The van der Waals surface area contributed by atoms with E-state index in [1.807, 2.05) is 11.0 Å². The predicted molar refractivity (Wildman–Crippen MR) is 83.3 cm³/mol. The minimum absolute atomic E-state index is 0.0136. The summed E-state index contributed by atoms with van der Waals surface area (Å²) in [4.78, 5) is 14.5. The van der Waals surface area contributed by atoms with Crippen LogP contribution in [0.15, 0.2) is 49.6 Å². The lowest BCUT2D eigenvalue weighted by molar-refractivity contribution is -0.137. The number of hydrogen-bond donors (Lipinski definition) is 0. The highest BCUT2D eigenvalue weighted by atomic mass is 19.1. The highest BCUT2D eigenvalue weighted by Crippen LogP contribution is 2.35. The van der Waals surface area contributed by atoms with Crippen LogP contribution in [0, 0.1) is 5.82 Å². The van der Waals surface area contributed by atoms with Crippen LogP contribution in [0.5, 0.6) is 0 Å². The summed E-state index contributed by atoms with van der Waals surface area (Å²) in [5.41, 5.74) is 0.995. The maximum absolute atomic E-state index is 13.1. The molecule has 0 spiro atoms. The van der Waals surface area contributed by atoms with E-state index >= 15 is 0 Å². The van der Waals surface area contributed by atoms with E-state index in [0.29, 0.717) is 12.8 Å². The van der Waals surface area contributed by atoms with Gasteiger partial charge in [0.15, 0.2) is 0 Å². The third-order valence-electron chi connectivity index (χ3n) is 4.05. The molecule has 1 aromatic rings. The number of carbonyl (C=O) groups is 1. The number of rotatable bonds is 5. The number of benzene rings is 1. The van der Waals surface area contributed by atoms with Crippen molar-refractivity contribution in [1.82, 2.24) is 4.90 Å². The third-order valence-corrected chi connectivity index (χ3v) is 4.05. The van der Waals surface area contributed by atoms with Gasteiger partial charge in [-0.1, -0.05) is 24.3 Å². The molecule has 112 valence electrons. The summed E-state index contributed by atoms with van der Waals surface area (Å²) in [6, 6.07) is 6.54. The second kappa shape index (κ2) is 7.21. The zero-order chi connectivity index (χ0) is 15.2. The average molecular weight is 287 g/mol. The first-order valence-electron chi connectivity index (χ1n) is 7.47. The number of hydrogen-bond acceptors (Lipinski definition) is 1. The minimum atomic E-state index is -0.251. The van der Waals surface area contributed by atoms with Crippen molar-refractivity contribution in [2.24, 2.45) is 0 Å². The van der Waals surface area contributed by atoms with Gasteiger partial charge in [0.25, 0.3) is 0 Å². The van der Waals surface area contributed by atoms with Crippen LogP contribution in [0.25, 0.3) is 0 Å². The molecule has 1 fully saturated rings. The van der Waals surface area contributed by atoms with Crippen LogP contribution in [-0.4, -0.2) is 16.8 Å². The first kappa shape index (κ1) is 15.5. The van der Waals surface area contributed by atoms with E-state index in [9.17, 15) is 9.18 Å². The maximum Gasteiger partial charge on any atom is 0.223 e. The Morgan fingerprint density at radius 1 is 1.29 bits per heavy atom. The summed E-state index contributed by atoms with van der Waals surface area (Å²) in [7, 11) is 0. The number of carbonyl (C=O) groups excluding carboxylic acids is 1. The number of piperidine rings is 1. The largest absolute Gasteiger partial charge is 0.329 e. The Kier molecular flexibility index (Phi) is 5.32. The Hall–Kier alpha value is -1.90. The fourth-order valence-corrected chi connectivity index (χ4v) is 2.99. The lowest BCUT2D eigenvalue weighted by atomic mass is 9.90. The Bertz CT molecular complexity index is 508. The molecule has 2 atom stereocenters. The van der Waals surface area contributed by atoms with Crippen LogP contribution < -0.4 is 0 Å². The smallest absolute Gasteiger partial charge is 0.223 e. The molecule has 1 aromatic carbocycles. The molecule has 0 saturated carbocycles.